The van der Waals surface area contributed by atoms with E-state index >= 15 is 0 Å². The van der Waals surface area contributed by atoms with Crippen LogP contribution in [-0.2, 0) is 11.3 Å². The Morgan fingerprint density at radius 3 is 3.00 bits per heavy atom. The highest BCUT2D eigenvalue weighted by atomic mass is 35.5. The number of nitrogen functional groups attached to an aromatic ring is 1. The molecule has 1 heterocycles. The van der Waals surface area contributed by atoms with Gasteiger partial charge in [0.25, 0.3) is 0 Å². The molecule has 1 amide bonds. The van der Waals surface area contributed by atoms with Crippen molar-refractivity contribution < 1.29 is 4.79 Å². The first-order chi connectivity index (χ1) is 8.65. The van der Waals surface area contributed by atoms with Crippen LogP contribution in [0.5, 0.6) is 0 Å². The first kappa shape index (κ1) is 12.4. The van der Waals surface area contributed by atoms with E-state index in [0.29, 0.717) is 29.4 Å². The molecule has 2 rings (SSSR count). The molecule has 0 saturated heterocycles. The predicted molar refractivity (Wildman–Crippen MR) is 71.3 cm³/mol. The molecule has 0 unspecified atom stereocenters. The second kappa shape index (κ2) is 5.55. The molecule has 0 aliphatic rings. The molecule has 2 aromatic rings. The zero-order valence-corrected chi connectivity index (χ0v) is 10.4. The molecule has 0 saturated carbocycles. The lowest BCUT2D eigenvalue weighted by Gasteiger charge is -2.08. The first-order valence-electron chi connectivity index (χ1n) is 5.46. The summed E-state index contributed by atoms with van der Waals surface area (Å²) in [7, 11) is 0. The van der Waals surface area contributed by atoms with Crippen molar-refractivity contribution in [2.45, 2.75) is 13.0 Å². The maximum absolute atomic E-state index is 11.7. The van der Waals surface area contributed by atoms with Crippen LogP contribution < -0.4 is 11.1 Å². The Bertz CT molecular complexity index is 539. The third-order valence-electron chi connectivity index (χ3n) is 2.44. The summed E-state index contributed by atoms with van der Waals surface area (Å²) in [6.45, 7) is 0.583. The van der Waals surface area contributed by atoms with Gasteiger partial charge in [0.05, 0.1) is 17.7 Å². The Morgan fingerprint density at radius 1 is 1.50 bits per heavy atom. The summed E-state index contributed by atoms with van der Waals surface area (Å²) in [5, 5.41) is 3.29. The lowest BCUT2D eigenvalue weighted by molar-refractivity contribution is -0.116. The van der Waals surface area contributed by atoms with Crippen molar-refractivity contribution in [1.82, 2.24) is 9.55 Å². The zero-order chi connectivity index (χ0) is 13.0. The number of hydrogen-bond donors (Lipinski definition) is 2. The predicted octanol–water partition coefficient (Wildman–Crippen LogP) is 2.15. The van der Waals surface area contributed by atoms with Crippen LogP contribution in [0.15, 0.2) is 36.9 Å². The molecule has 0 fully saturated rings. The van der Waals surface area contributed by atoms with Crippen LogP contribution in [0, 0.1) is 0 Å². The van der Waals surface area contributed by atoms with E-state index < -0.39 is 0 Å². The lowest BCUT2D eigenvalue weighted by atomic mass is 10.2. The summed E-state index contributed by atoms with van der Waals surface area (Å²) in [6.07, 6.45) is 5.52. The number of anilines is 2. The molecule has 0 aliphatic carbocycles. The van der Waals surface area contributed by atoms with E-state index in [-0.39, 0.29) is 5.91 Å². The molecule has 18 heavy (non-hydrogen) atoms. The molecule has 3 N–H and O–H groups in total. The van der Waals surface area contributed by atoms with Crippen LogP contribution in [0.1, 0.15) is 6.42 Å². The van der Waals surface area contributed by atoms with E-state index in [0.717, 1.165) is 0 Å². The number of nitrogens with two attached hydrogens (primary N) is 1. The van der Waals surface area contributed by atoms with Gasteiger partial charge in [-0.1, -0.05) is 11.6 Å². The van der Waals surface area contributed by atoms with Gasteiger partial charge in [-0.2, -0.15) is 0 Å². The topological polar surface area (TPSA) is 72.9 Å². The number of aromatic nitrogens is 2. The number of carbonyl (C=O) groups excluding carboxylic acids is 1. The Labute approximate surface area is 110 Å². The molecule has 0 bridgehead atoms. The minimum absolute atomic E-state index is 0.0993. The third kappa shape index (κ3) is 3.24. The number of nitrogens with zero attached hydrogens (tertiary/aromatic N) is 2. The average molecular weight is 265 g/mol. The zero-order valence-electron chi connectivity index (χ0n) is 9.64. The molecular formula is C12H13ClN4O. The van der Waals surface area contributed by atoms with Crippen LogP contribution in [0.3, 0.4) is 0 Å². The maximum atomic E-state index is 11.7. The fraction of sp³-hybridized carbons (Fsp3) is 0.167. The highest BCUT2D eigenvalue weighted by Gasteiger charge is 2.05. The smallest absolute Gasteiger partial charge is 0.226 e. The molecule has 0 aliphatic heterocycles. The number of benzene rings is 1. The molecule has 0 radical (unpaired) electrons. The Balaban J connectivity index is 1.91. The average Bonchev–Trinajstić information content (AvgIpc) is 2.83. The van der Waals surface area contributed by atoms with Crippen LogP contribution in [0.25, 0.3) is 0 Å². The van der Waals surface area contributed by atoms with E-state index in [9.17, 15) is 4.79 Å². The summed E-state index contributed by atoms with van der Waals surface area (Å²) in [5.74, 6) is -0.0993. The number of nitrogens with one attached hydrogen (secondary N) is 1. The number of amides is 1. The quantitative estimate of drug-likeness (QED) is 0.831. The lowest BCUT2D eigenvalue weighted by Crippen LogP contribution is -2.15. The highest BCUT2D eigenvalue weighted by molar-refractivity contribution is 6.31. The van der Waals surface area contributed by atoms with E-state index in [2.05, 4.69) is 10.3 Å². The van der Waals surface area contributed by atoms with Gasteiger partial charge in [0, 0.05) is 30.4 Å². The highest BCUT2D eigenvalue weighted by Crippen LogP contribution is 2.22. The molecule has 94 valence electrons. The van der Waals surface area contributed by atoms with Crippen molar-refractivity contribution in [3.8, 4) is 0 Å². The minimum atomic E-state index is -0.0993. The Hall–Kier alpha value is -2.01. The van der Waals surface area contributed by atoms with E-state index in [4.69, 9.17) is 17.3 Å². The van der Waals surface area contributed by atoms with Crippen LogP contribution in [0.2, 0.25) is 5.02 Å². The fourth-order valence-corrected chi connectivity index (χ4v) is 1.69. The van der Waals surface area contributed by atoms with Gasteiger partial charge in [-0.05, 0) is 18.2 Å². The Morgan fingerprint density at radius 2 is 2.33 bits per heavy atom. The van der Waals surface area contributed by atoms with Gasteiger partial charge < -0.3 is 15.6 Å². The number of aryl methyl sites for hydroxylation is 1. The Kier molecular flexibility index (Phi) is 3.84. The summed E-state index contributed by atoms with van der Waals surface area (Å²) in [6, 6.07) is 4.98. The van der Waals surface area contributed by atoms with Gasteiger partial charge >= 0.3 is 0 Å². The van der Waals surface area contributed by atoms with Crippen LogP contribution >= 0.6 is 11.6 Å². The first-order valence-corrected chi connectivity index (χ1v) is 5.83. The number of halogens is 1. The van der Waals surface area contributed by atoms with Gasteiger partial charge in [-0.3, -0.25) is 4.79 Å². The molecule has 5 nitrogen and oxygen atoms in total. The summed E-state index contributed by atoms with van der Waals surface area (Å²) in [4.78, 5) is 15.6. The molecular weight excluding hydrogens is 252 g/mol. The van der Waals surface area contributed by atoms with E-state index in [1.165, 1.54) is 0 Å². The molecule has 0 atom stereocenters. The second-order valence-corrected chi connectivity index (χ2v) is 4.27. The van der Waals surface area contributed by atoms with E-state index in [1.54, 1.807) is 30.7 Å². The van der Waals surface area contributed by atoms with Crippen molar-refractivity contribution in [2.24, 2.45) is 0 Å². The number of imidazole rings is 1. The van der Waals surface area contributed by atoms with E-state index in [1.807, 2.05) is 10.8 Å². The normalized spacial score (nSPS) is 10.3. The minimum Gasteiger partial charge on any atom is -0.397 e. The number of carbonyl (C=O) groups is 1. The number of hydrogen-bond acceptors (Lipinski definition) is 3. The molecule has 1 aromatic heterocycles. The van der Waals surface area contributed by atoms with Crippen molar-refractivity contribution in [3.63, 3.8) is 0 Å². The summed E-state index contributed by atoms with van der Waals surface area (Å²) >= 11 is 5.78. The number of rotatable bonds is 4. The van der Waals surface area contributed by atoms with Gasteiger partial charge in [0.1, 0.15) is 0 Å². The molecule has 1 aromatic carbocycles. The third-order valence-corrected chi connectivity index (χ3v) is 2.68. The fourth-order valence-electron chi connectivity index (χ4n) is 1.51. The van der Waals surface area contributed by atoms with Gasteiger partial charge in [0.2, 0.25) is 5.91 Å². The monoisotopic (exact) mass is 264 g/mol. The van der Waals surface area contributed by atoms with Crippen LogP contribution in [0.4, 0.5) is 11.4 Å². The van der Waals surface area contributed by atoms with Crippen LogP contribution in [-0.4, -0.2) is 15.5 Å². The van der Waals surface area contributed by atoms with Crippen molar-refractivity contribution in [2.75, 3.05) is 11.1 Å². The summed E-state index contributed by atoms with van der Waals surface area (Å²) < 4.78 is 1.84. The van der Waals surface area contributed by atoms with Gasteiger partial charge in [0.15, 0.2) is 0 Å². The molecule has 6 heteroatoms. The van der Waals surface area contributed by atoms with Gasteiger partial charge in [-0.15, -0.1) is 0 Å². The largest absolute Gasteiger partial charge is 0.397 e. The standard InChI is InChI=1S/C12H13ClN4O/c13-9-1-2-11(10(14)7-9)16-12(18)3-5-17-6-4-15-8-17/h1-2,4,6-8H,3,5,14H2,(H,16,18). The maximum Gasteiger partial charge on any atom is 0.226 e. The van der Waals surface area contributed by atoms with Crippen molar-refractivity contribution >= 4 is 28.9 Å². The molecule has 0 spiro atoms. The van der Waals surface area contributed by atoms with Crippen molar-refractivity contribution in [3.05, 3.63) is 41.9 Å². The summed E-state index contributed by atoms with van der Waals surface area (Å²) in [5.41, 5.74) is 6.78. The SMILES string of the molecule is Nc1cc(Cl)ccc1NC(=O)CCn1ccnc1. The second-order valence-electron chi connectivity index (χ2n) is 3.83. The van der Waals surface area contributed by atoms with Crippen molar-refractivity contribution in [1.29, 1.82) is 0 Å². The van der Waals surface area contributed by atoms with Gasteiger partial charge in [-0.25, -0.2) is 4.98 Å².